The standard InChI is InChI=1S/C13H20BNO2/c1-2-13-7-4-8-15(13)10-11-5-3-6-12(9-11)14(16)17/h3,5-6,9,13,16-17H,2,4,7-8,10H2,1H3. The molecule has 0 saturated carbocycles. The summed E-state index contributed by atoms with van der Waals surface area (Å²) in [6, 6.07) is 8.26. The number of nitrogens with zero attached hydrogens (tertiary/aromatic N) is 1. The molecule has 0 aliphatic carbocycles. The quantitative estimate of drug-likeness (QED) is 0.754. The Labute approximate surface area is 103 Å². The monoisotopic (exact) mass is 233 g/mol. The minimum Gasteiger partial charge on any atom is -0.423 e. The lowest BCUT2D eigenvalue weighted by Crippen LogP contribution is -2.32. The smallest absolute Gasteiger partial charge is 0.423 e. The van der Waals surface area contributed by atoms with E-state index in [0.717, 1.165) is 18.7 Å². The van der Waals surface area contributed by atoms with Gasteiger partial charge in [-0.2, -0.15) is 0 Å². The van der Waals surface area contributed by atoms with Gasteiger partial charge < -0.3 is 10.0 Å². The molecule has 1 heterocycles. The van der Waals surface area contributed by atoms with E-state index < -0.39 is 7.12 Å². The third-order valence-electron chi connectivity index (χ3n) is 3.61. The van der Waals surface area contributed by atoms with Gasteiger partial charge in [-0.15, -0.1) is 0 Å². The van der Waals surface area contributed by atoms with Crippen molar-refractivity contribution in [3.8, 4) is 0 Å². The van der Waals surface area contributed by atoms with Crippen LogP contribution in [0.3, 0.4) is 0 Å². The highest BCUT2D eigenvalue weighted by Gasteiger charge is 2.22. The lowest BCUT2D eigenvalue weighted by Gasteiger charge is -2.23. The van der Waals surface area contributed by atoms with E-state index in [1.807, 2.05) is 12.1 Å². The second kappa shape index (κ2) is 5.67. The molecule has 1 aliphatic heterocycles. The van der Waals surface area contributed by atoms with Gasteiger partial charge in [0.15, 0.2) is 0 Å². The second-order valence-corrected chi connectivity index (χ2v) is 4.79. The zero-order valence-corrected chi connectivity index (χ0v) is 10.3. The minimum absolute atomic E-state index is 0.578. The van der Waals surface area contributed by atoms with Crippen LogP contribution >= 0.6 is 0 Å². The summed E-state index contributed by atoms with van der Waals surface area (Å²) in [6.07, 6.45) is 3.77. The molecule has 1 aromatic rings. The van der Waals surface area contributed by atoms with Crippen LogP contribution in [-0.4, -0.2) is 34.7 Å². The van der Waals surface area contributed by atoms with Crippen molar-refractivity contribution in [2.45, 2.75) is 38.8 Å². The molecular weight excluding hydrogens is 213 g/mol. The molecule has 0 aromatic heterocycles. The van der Waals surface area contributed by atoms with E-state index in [1.165, 1.54) is 19.3 Å². The van der Waals surface area contributed by atoms with Gasteiger partial charge in [0.1, 0.15) is 0 Å². The molecule has 2 N–H and O–H groups in total. The minimum atomic E-state index is -1.37. The highest BCUT2D eigenvalue weighted by molar-refractivity contribution is 6.58. The maximum atomic E-state index is 9.15. The molecule has 2 rings (SSSR count). The fourth-order valence-electron chi connectivity index (χ4n) is 2.65. The molecule has 92 valence electrons. The van der Waals surface area contributed by atoms with E-state index in [9.17, 15) is 0 Å². The summed E-state index contributed by atoms with van der Waals surface area (Å²) < 4.78 is 0. The number of likely N-dealkylation sites (tertiary alicyclic amines) is 1. The highest BCUT2D eigenvalue weighted by atomic mass is 16.4. The van der Waals surface area contributed by atoms with Crippen LogP contribution in [0, 0.1) is 0 Å². The Hall–Kier alpha value is -0.835. The van der Waals surface area contributed by atoms with Gasteiger partial charge in [-0.25, -0.2) is 0 Å². The number of hydrogen-bond acceptors (Lipinski definition) is 3. The predicted octanol–water partition coefficient (Wildman–Crippen LogP) is 0.741. The van der Waals surface area contributed by atoms with Gasteiger partial charge >= 0.3 is 7.12 Å². The van der Waals surface area contributed by atoms with Gasteiger partial charge in [-0.3, -0.25) is 4.90 Å². The van der Waals surface area contributed by atoms with E-state index in [1.54, 1.807) is 6.07 Å². The van der Waals surface area contributed by atoms with Crippen molar-refractivity contribution in [3.63, 3.8) is 0 Å². The van der Waals surface area contributed by atoms with Crippen LogP contribution < -0.4 is 5.46 Å². The third-order valence-corrected chi connectivity index (χ3v) is 3.61. The van der Waals surface area contributed by atoms with Crippen LogP contribution in [0.5, 0.6) is 0 Å². The highest BCUT2D eigenvalue weighted by Crippen LogP contribution is 2.21. The molecular formula is C13H20BNO2. The number of rotatable bonds is 4. The third kappa shape index (κ3) is 3.09. The fourth-order valence-corrected chi connectivity index (χ4v) is 2.65. The van der Waals surface area contributed by atoms with Gasteiger partial charge in [0.05, 0.1) is 0 Å². The molecule has 1 unspecified atom stereocenters. The van der Waals surface area contributed by atoms with Crippen molar-refractivity contribution in [3.05, 3.63) is 29.8 Å². The van der Waals surface area contributed by atoms with Crippen molar-refractivity contribution >= 4 is 12.6 Å². The topological polar surface area (TPSA) is 43.7 Å². The molecule has 1 fully saturated rings. The molecule has 1 aromatic carbocycles. The first-order valence-electron chi connectivity index (χ1n) is 6.39. The fraction of sp³-hybridized carbons (Fsp3) is 0.538. The van der Waals surface area contributed by atoms with Gasteiger partial charge in [-0.1, -0.05) is 31.2 Å². The molecule has 17 heavy (non-hydrogen) atoms. The Balaban J connectivity index is 2.05. The molecule has 1 atom stereocenters. The Morgan fingerprint density at radius 2 is 2.24 bits per heavy atom. The van der Waals surface area contributed by atoms with Crippen LogP contribution in [-0.2, 0) is 6.54 Å². The van der Waals surface area contributed by atoms with Crippen molar-refractivity contribution in [2.24, 2.45) is 0 Å². The molecule has 1 aliphatic rings. The average molecular weight is 233 g/mol. The van der Waals surface area contributed by atoms with Gasteiger partial charge in [0.2, 0.25) is 0 Å². The number of hydrogen-bond donors (Lipinski definition) is 2. The van der Waals surface area contributed by atoms with Gasteiger partial charge in [0.25, 0.3) is 0 Å². The Kier molecular flexibility index (Phi) is 4.21. The van der Waals surface area contributed by atoms with Crippen LogP contribution in [0.15, 0.2) is 24.3 Å². The second-order valence-electron chi connectivity index (χ2n) is 4.79. The maximum absolute atomic E-state index is 9.15. The van der Waals surface area contributed by atoms with Crippen LogP contribution in [0.2, 0.25) is 0 Å². The molecule has 0 radical (unpaired) electrons. The summed E-state index contributed by atoms with van der Waals surface area (Å²) in [7, 11) is -1.37. The Morgan fingerprint density at radius 1 is 1.41 bits per heavy atom. The molecule has 3 nitrogen and oxygen atoms in total. The van der Waals surface area contributed by atoms with E-state index in [-0.39, 0.29) is 0 Å². The van der Waals surface area contributed by atoms with E-state index in [2.05, 4.69) is 17.9 Å². The largest absolute Gasteiger partial charge is 0.488 e. The molecule has 1 saturated heterocycles. The van der Waals surface area contributed by atoms with Crippen molar-refractivity contribution < 1.29 is 10.0 Å². The van der Waals surface area contributed by atoms with Gasteiger partial charge in [-0.05, 0) is 36.8 Å². The molecule has 4 heteroatoms. The SMILES string of the molecule is CCC1CCCN1Cc1cccc(B(O)O)c1. The van der Waals surface area contributed by atoms with E-state index in [4.69, 9.17) is 10.0 Å². The molecule has 0 spiro atoms. The van der Waals surface area contributed by atoms with E-state index in [0.29, 0.717) is 11.5 Å². The first-order valence-corrected chi connectivity index (χ1v) is 6.39. The molecule has 0 amide bonds. The normalized spacial score (nSPS) is 20.8. The number of benzene rings is 1. The lowest BCUT2D eigenvalue weighted by atomic mass is 9.79. The van der Waals surface area contributed by atoms with Crippen LogP contribution in [0.4, 0.5) is 0 Å². The summed E-state index contributed by atoms with van der Waals surface area (Å²) in [5, 5.41) is 18.3. The summed E-state index contributed by atoms with van der Waals surface area (Å²) in [6.45, 7) is 4.31. The Bertz CT molecular complexity index is 370. The van der Waals surface area contributed by atoms with Crippen LogP contribution in [0.1, 0.15) is 31.7 Å². The predicted molar refractivity (Wildman–Crippen MR) is 70.0 cm³/mol. The zero-order chi connectivity index (χ0) is 12.3. The van der Waals surface area contributed by atoms with E-state index >= 15 is 0 Å². The lowest BCUT2D eigenvalue weighted by molar-refractivity contribution is 0.240. The first kappa shape index (κ1) is 12.6. The summed E-state index contributed by atoms with van der Waals surface area (Å²) in [4.78, 5) is 2.49. The first-order chi connectivity index (χ1) is 8.20. The summed E-state index contributed by atoms with van der Waals surface area (Å²) >= 11 is 0. The summed E-state index contributed by atoms with van der Waals surface area (Å²) in [5.74, 6) is 0. The van der Waals surface area contributed by atoms with Crippen molar-refractivity contribution in [2.75, 3.05) is 6.54 Å². The maximum Gasteiger partial charge on any atom is 0.488 e. The average Bonchev–Trinajstić information content (AvgIpc) is 2.76. The summed E-state index contributed by atoms with van der Waals surface area (Å²) in [5.41, 5.74) is 1.74. The van der Waals surface area contributed by atoms with Crippen molar-refractivity contribution in [1.82, 2.24) is 4.90 Å². The zero-order valence-electron chi connectivity index (χ0n) is 10.3. The Morgan fingerprint density at radius 3 is 2.94 bits per heavy atom. The molecule has 0 bridgehead atoms. The van der Waals surface area contributed by atoms with Gasteiger partial charge in [0, 0.05) is 12.6 Å². The van der Waals surface area contributed by atoms with Crippen LogP contribution in [0.25, 0.3) is 0 Å². The van der Waals surface area contributed by atoms with Crippen molar-refractivity contribution in [1.29, 1.82) is 0 Å².